The SMILES string of the molecule is CC1(C)c2ccccc2-c2cc(N(c3cccc(-c4ccccc4)c3)c3cc4c(oc5cccc(C6CCCC6)c54)c4ccccc34)ccc21. The second-order valence-electron chi connectivity index (χ2n) is 14.8. The average Bonchev–Trinajstić information content (AvgIpc) is 3.89. The predicted molar refractivity (Wildman–Crippen MR) is 210 cm³/mol. The number of benzene rings is 7. The van der Waals surface area contributed by atoms with Crippen molar-refractivity contribution in [1.82, 2.24) is 0 Å². The molecule has 1 fully saturated rings. The number of hydrogen-bond acceptors (Lipinski definition) is 2. The van der Waals surface area contributed by atoms with Crippen molar-refractivity contribution in [1.29, 1.82) is 0 Å². The van der Waals surface area contributed by atoms with E-state index in [1.54, 1.807) is 0 Å². The van der Waals surface area contributed by atoms with Gasteiger partial charge in [0.25, 0.3) is 0 Å². The molecule has 0 aliphatic heterocycles. The average molecular weight is 646 g/mol. The number of nitrogens with zero attached hydrogens (tertiary/aromatic N) is 1. The highest BCUT2D eigenvalue weighted by atomic mass is 16.3. The third-order valence-electron chi connectivity index (χ3n) is 11.6. The fraction of sp³-hybridized carbons (Fsp3) is 0.167. The molecule has 0 unspecified atom stereocenters. The van der Waals surface area contributed by atoms with Gasteiger partial charge in [-0.05, 0) is 94.1 Å². The summed E-state index contributed by atoms with van der Waals surface area (Å²) in [5, 5.41) is 4.80. The van der Waals surface area contributed by atoms with Crippen LogP contribution < -0.4 is 4.90 Å². The van der Waals surface area contributed by atoms with Gasteiger partial charge < -0.3 is 9.32 Å². The minimum absolute atomic E-state index is 0.0551. The van der Waals surface area contributed by atoms with Gasteiger partial charge in [-0.2, -0.15) is 0 Å². The van der Waals surface area contributed by atoms with Gasteiger partial charge in [-0.3, -0.25) is 0 Å². The first-order valence-corrected chi connectivity index (χ1v) is 18.1. The topological polar surface area (TPSA) is 16.4 Å². The Morgan fingerprint density at radius 1 is 0.560 bits per heavy atom. The van der Waals surface area contributed by atoms with Gasteiger partial charge in [-0.25, -0.2) is 0 Å². The molecule has 0 amide bonds. The number of anilines is 3. The van der Waals surface area contributed by atoms with E-state index in [0.717, 1.165) is 33.6 Å². The summed E-state index contributed by atoms with van der Waals surface area (Å²) >= 11 is 0. The van der Waals surface area contributed by atoms with Crippen molar-refractivity contribution < 1.29 is 4.42 Å². The minimum Gasteiger partial charge on any atom is -0.455 e. The lowest BCUT2D eigenvalue weighted by atomic mass is 9.82. The third kappa shape index (κ3) is 4.41. The summed E-state index contributed by atoms with van der Waals surface area (Å²) in [6.45, 7) is 4.71. The standard InChI is InChI=1S/C48H39NO/c1-48(2)42-24-11-10-20-37(42)40-29-35(26-27-43(40)48)49(34-19-12-18-33(28-34)31-14-4-3-5-15-31)44-30-41-46-36(32-16-6-7-17-32)23-13-25-45(46)50-47(41)39-22-9-8-21-38(39)44/h3-5,8-15,18-30,32H,6-7,16-17H2,1-2H3. The molecule has 0 atom stereocenters. The third-order valence-corrected chi connectivity index (χ3v) is 11.6. The largest absolute Gasteiger partial charge is 0.455 e. The fourth-order valence-electron chi connectivity index (χ4n) is 9.15. The van der Waals surface area contributed by atoms with Gasteiger partial charge in [-0.15, -0.1) is 0 Å². The molecule has 1 aromatic heterocycles. The zero-order valence-corrected chi connectivity index (χ0v) is 28.6. The molecule has 1 heterocycles. The van der Waals surface area contributed by atoms with Crippen LogP contribution in [0.25, 0.3) is 55.0 Å². The Morgan fingerprint density at radius 3 is 2.12 bits per heavy atom. The summed E-state index contributed by atoms with van der Waals surface area (Å²) < 4.78 is 6.79. The molecule has 2 heteroatoms. The molecule has 0 bridgehead atoms. The minimum atomic E-state index is -0.0551. The maximum Gasteiger partial charge on any atom is 0.143 e. The van der Waals surface area contributed by atoms with Gasteiger partial charge in [0, 0.05) is 38.3 Å². The first-order chi connectivity index (χ1) is 24.6. The number of furan rings is 1. The maximum atomic E-state index is 6.79. The maximum absolute atomic E-state index is 6.79. The smallest absolute Gasteiger partial charge is 0.143 e. The molecule has 10 rings (SSSR count). The van der Waals surface area contributed by atoms with Crippen LogP contribution in [0.5, 0.6) is 0 Å². The van der Waals surface area contributed by atoms with Gasteiger partial charge in [0.2, 0.25) is 0 Å². The van der Waals surface area contributed by atoms with Crippen LogP contribution in [-0.2, 0) is 5.41 Å². The molecule has 0 spiro atoms. The van der Waals surface area contributed by atoms with E-state index >= 15 is 0 Å². The van der Waals surface area contributed by atoms with Gasteiger partial charge >= 0.3 is 0 Å². The Morgan fingerprint density at radius 2 is 1.26 bits per heavy atom. The number of rotatable bonds is 5. The van der Waals surface area contributed by atoms with E-state index in [0.29, 0.717) is 5.92 Å². The van der Waals surface area contributed by atoms with Crippen molar-refractivity contribution in [3.63, 3.8) is 0 Å². The molecule has 0 N–H and O–H groups in total. The van der Waals surface area contributed by atoms with Gasteiger partial charge in [0.05, 0.1) is 5.69 Å². The van der Waals surface area contributed by atoms with Crippen LogP contribution in [0.4, 0.5) is 17.1 Å². The Balaban J connectivity index is 1.27. The molecule has 7 aromatic carbocycles. The summed E-state index contributed by atoms with van der Waals surface area (Å²) in [7, 11) is 0. The highest BCUT2D eigenvalue weighted by Crippen LogP contribution is 2.52. The second kappa shape index (κ2) is 11.2. The van der Waals surface area contributed by atoms with E-state index in [1.165, 1.54) is 80.8 Å². The number of hydrogen-bond donors (Lipinski definition) is 0. The summed E-state index contributed by atoms with van der Waals surface area (Å²) in [5.41, 5.74) is 14.6. The van der Waals surface area contributed by atoms with Crippen LogP contribution in [0.3, 0.4) is 0 Å². The Labute approximate surface area is 293 Å². The number of fused-ring (bicyclic) bond motifs is 8. The molecule has 8 aromatic rings. The summed E-state index contributed by atoms with van der Waals surface area (Å²) in [6, 6.07) is 53.7. The van der Waals surface area contributed by atoms with Gasteiger partial charge in [0.1, 0.15) is 11.2 Å². The van der Waals surface area contributed by atoms with Crippen molar-refractivity contribution >= 4 is 49.8 Å². The fourth-order valence-corrected chi connectivity index (χ4v) is 9.15. The Bertz CT molecular complexity index is 2580. The van der Waals surface area contributed by atoms with E-state index in [1.807, 2.05) is 0 Å². The first-order valence-electron chi connectivity index (χ1n) is 18.1. The molecule has 50 heavy (non-hydrogen) atoms. The molecule has 2 aliphatic rings. The first kappa shape index (κ1) is 29.3. The van der Waals surface area contributed by atoms with Gasteiger partial charge in [0.15, 0.2) is 0 Å². The lowest BCUT2D eigenvalue weighted by Gasteiger charge is -2.29. The van der Waals surface area contributed by atoms with Crippen molar-refractivity contribution in [2.45, 2.75) is 50.9 Å². The molecule has 2 nitrogen and oxygen atoms in total. The van der Waals surface area contributed by atoms with Crippen LogP contribution in [0.2, 0.25) is 0 Å². The monoisotopic (exact) mass is 645 g/mol. The van der Waals surface area contributed by atoms with Gasteiger partial charge in [-0.1, -0.05) is 136 Å². The van der Waals surface area contributed by atoms with Crippen LogP contribution in [0.15, 0.2) is 150 Å². The summed E-state index contributed by atoms with van der Waals surface area (Å²) in [5.74, 6) is 0.577. The van der Waals surface area contributed by atoms with Crippen molar-refractivity contribution in [3.05, 3.63) is 162 Å². The molecule has 0 saturated heterocycles. The molecular formula is C48H39NO. The van der Waals surface area contributed by atoms with Crippen molar-refractivity contribution in [2.75, 3.05) is 4.90 Å². The lowest BCUT2D eigenvalue weighted by Crippen LogP contribution is -2.15. The van der Waals surface area contributed by atoms with Crippen LogP contribution in [0.1, 0.15) is 62.1 Å². The summed E-state index contributed by atoms with van der Waals surface area (Å²) in [6.07, 6.45) is 5.10. The lowest BCUT2D eigenvalue weighted by molar-refractivity contribution is 0.660. The van der Waals surface area contributed by atoms with E-state index in [-0.39, 0.29) is 5.41 Å². The van der Waals surface area contributed by atoms with Crippen LogP contribution in [-0.4, -0.2) is 0 Å². The molecule has 2 aliphatic carbocycles. The van der Waals surface area contributed by atoms with E-state index in [4.69, 9.17) is 4.42 Å². The van der Waals surface area contributed by atoms with E-state index in [2.05, 4.69) is 164 Å². The highest BCUT2D eigenvalue weighted by molar-refractivity contribution is 6.20. The van der Waals surface area contributed by atoms with Crippen LogP contribution >= 0.6 is 0 Å². The zero-order chi connectivity index (χ0) is 33.4. The molecule has 242 valence electrons. The van der Waals surface area contributed by atoms with E-state index in [9.17, 15) is 0 Å². The van der Waals surface area contributed by atoms with Crippen molar-refractivity contribution in [2.24, 2.45) is 0 Å². The Hall–Kier alpha value is -5.60. The quantitative estimate of drug-likeness (QED) is 0.185. The highest BCUT2D eigenvalue weighted by Gasteiger charge is 2.36. The zero-order valence-electron chi connectivity index (χ0n) is 28.6. The molecule has 1 saturated carbocycles. The van der Waals surface area contributed by atoms with Crippen LogP contribution in [0, 0.1) is 0 Å². The van der Waals surface area contributed by atoms with Crippen molar-refractivity contribution in [3.8, 4) is 22.3 Å². The molecule has 0 radical (unpaired) electrons. The summed E-state index contributed by atoms with van der Waals surface area (Å²) in [4.78, 5) is 2.49. The predicted octanol–water partition coefficient (Wildman–Crippen LogP) is 13.8. The Kier molecular flexibility index (Phi) is 6.58. The second-order valence-corrected chi connectivity index (χ2v) is 14.8. The normalized spacial score (nSPS) is 15.2. The molecular weight excluding hydrogens is 607 g/mol. The van der Waals surface area contributed by atoms with E-state index < -0.39 is 0 Å².